The fourth-order valence-electron chi connectivity index (χ4n) is 3.44. The van der Waals surface area contributed by atoms with E-state index in [2.05, 4.69) is 10.6 Å². The van der Waals surface area contributed by atoms with Crippen molar-refractivity contribution >= 4 is 16.8 Å². The van der Waals surface area contributed by atoms with Gasteiger partial charge in [-0.05, 0) is 43.4 Å². The van der Waals surface area contributed by atoms with Crippen molar-refractivity contribution in [2.24, 2.45) is 0 Å². The third-order valence-corrected chi connectivity index (χ3v) is 7.25. The van der Waals surface area contributed by atoms with Crippen molar-refractivity contribution in [3.8, 4) is 11.5 Å². The van der Waals surface area contributed by atoms with Gasteiger partial charge >= 0.3 is 6.03 Å². The highest BCUT2D eigenvalue weighted by Crippen LogP contribution is 2.48. The molecule has 7 heteroatoms. The molecule has 0 aromatic heterocycles. The first-order chi connectivity index (χ1) is 11.5. The molecule has 1 aromatic carbocycles. The van der Waals surface area contributed by atoms with E-state index in [9.17, 15) is 9.00 Å². The number of carbonyl (C=O) groups is 1. The van der Waals surface area contributed by atoms with Crippen LogP contribution in [-0.2, 0) is 16.3 Å². The number of fused-ring (bicyclic) bond motifs is 1. The molecule has 1 aromatic rings. The standard InChI is InChI=1S/C17H22N2O4S/c1-24(21)16(5-2-6-16)10-18-15(20)19-17(7-8-17)12-3-4-13-14(9-12)23-11-22-13/h3-4,9H,2,5-8,10-11H2,1H3,(H2,18,19,20). The minimum atomic E-state index is -0.915. The first-order valence-corrected chi connectivity index (χ1v) is 9.89. The molecule has 2 saturated carbocycles. The van der Waals surface area contributed by atoms with Gasteiger partial charge in [0.2, 0.25) is 6.79 Å². The number of amides is 2. The normalized spacial score (nSPS) is 23.0. The van der Waals surface area contributed by atoms with Gasteiger partial charge in [0, 0.05) is 23.6 Å². The van der Waals surface area contributed by atoms with Gasteiger partial charge in [-0.1, -0.05) is 12.5 Å². The average molecular weight is 350 g/mol. The van der Waals surface area contributed by atoms with E-state index in [-0.39, 0.29) is 23.1 Å². The zero-order chi connectivity index (χ0) is 16.8. The van der Waals surface area contributed by atoms with Crippen molar-refractivity contribution in [2.75, 3.05) is 19.6 Å². The van der Waals surface area contributed by atoms with Crippen LogP contribution in [0.15, 0.2) is 18.2 Å². The lowest BCUT2D eigenvalue weighted by Crippen LogP contribution is -2.53. The zero-order valence-corrected chi connectivity index (χ0v) is 14.5. The monoisotopic (exact) mass is 350 g/mol. The summed E-state index contributed by atoms with van der Waals surface area (Å²) in [6.45, 7) is 0.717. The van der Waals surface area contributed by atoms with Crippen molar-refractivity contribution in [3.63, 3.8) is 0 Å². The van der Waals surface area contributed by atoms with E-state index >= 15 is 0 Å². The number of rotatable bonds is 5. The maximum absolute atomic E-state index is 12.3. The molecular weight excluding hydrogens is 328 g/mol. The largest absolute Gasteiger partial charge is 0.454 e. The number of nitrogens with one attached hydrogen (secondary N) is 2. The number of urea groups is 1. The highest BCUT2D eigenvalue weighted by atomic mass is 32.2. The molecule has 1 aliphatic heterocycles. The van der Waals surface area contributed by atoms with E-state index in [1.165, 1.54) is 0 Å². The van der Waals surface area contributed by atoms with Crippen LogP contribution in [-0.4, -0.2) is 34.6 Å². The molecule has 4 rings (SSSR count). The number of hydrogen-bond acceptors (Lipinski definition) is 4. The van der Waals surface area contributed by atoms with Gasteiger partial charge < -0.3 is 20.1 Å². The molecule has 6 nitrogen and oxygen atoms in total. The lowest BCUT2D eigenvalue weighted by molar-refractivity contribution is 0.174. The predicted molar refractivity (Wildman–Crippen MR) is 90.7 cm³/mol. The van der Waals surface area contributed by atoms with Crippen LogP contribution in [0.1, 0.15) is 37.7 Å². The molecule has 3 aliphatic rings. The quantitative estimate of drug-likeness (QED) is 0.852. The molecule has 24 heavy (non-hydrogen) atoms. The van der Waals surface area contributed by atoms with Crippen LogP contribution in [0, 0.1) is 0 Å². The van der Waals surface area contributed by atoms with Crippen molar-refractivity contribution in [1.82, 2.24) is 10.6 Å². The predicted octanol–water partition coefficient (Wildman–Crippen LogP) is 2.00. The Bertz CT molecular complexity index is 698. The lowest BCUT2D eigenvalue weighted by atomic mass is 9.84. The number of ether oxygens (including phenoxy) is 2. The van der Waals surface area contributed by atoms with Crippen molar-refractivity contribution in [2.45, 2.75) is 42.4 Å². The molecule has 0 saturated heterocycles. The first kappa shape index (κ1) is 15.7. The molecule has 2 fully saturated rings. The summed E-state index contributed by atoms with van der Waals surface area (Å²) in [5.74, 6) is 1.48. The molecule has 1 heterocycles. The Balaban J connectivity index is 1.39. The van der Waals surface area contributed by atoms with E-state index in [1.54, 1.807) is 6.26 Å². The fraction of sp³-hybridized carbons (Fsp3) is 0.588. The number of carbonyl (C=O) groups excluding carboxylic acids is 1. The van der Waals surface area contributed by atoms with Crippen LogP contribution < -0.4 is 20.1 Å². The lowest BCUT2D eigenvalue weighted by Gasteiger charge is -2.39. The minimum Gasteiger partial charge on any atom is -0.454 e. The Morgan fingerprint density at radius 1 is 1.21 bits per heavy atom. The SMILES string of the molecule is CS(=O)C1(CNC(=O)NC2(c3ccc4c(c3)OCO4)CC2)CCC1. The smallest absolute Gasteiger partial charge is 0.315 e. The van der Waals surface area contributed by atoms with Crippen molar-refractivity contribution in [1.29, 1.82) is 0 Å². The van der Waals surface area contributed by atoms with Gasteiger partial charge in [0.05, 0.1) is 10.3 Å². The molecule has 1 unspecified atom stereocenters. The van der Waals surface area contributed by atoms with Crippen LogP contribution in [0.25, 0.3) is 0 Å². The van der Waals surface area contributed by atoms with Gasteiger partial charge in [0.15, 0.2) is 11.5 Å². The van der Waals surface area contributed by atoms with E-state index in [0.29, 0.717) is 6.54 Å². The maximum atomic E-state index is 12.3. The second kappa shape index (κ2) is 5.65. The van der Waals surface area contributed by atoms with E-state index < -0.39 is 10.8 Å². The Morgan fingerprint density at radius 3 is 2.58 bits per heavy atom. The van der Waals surface area contributed by atoms with Gasteiger partial charge in [0.1, 0.15) is 0 Å². The highest BCUT2D eigenvalue weighted by Gasteiger charge is 2.47. The van der Waals surface area contributed by atoms with Crippen molar-refractivity contribution < 1.29 is 18.5 Å². The van der Waals surface area contributed by atoms with Gasteiger partial charge in [-0.3, -0.25) is 4.21 Å². The highest BCUT2D eigenvalue weighted by molar-refractivity contribution is 7.85. The van der Waals surface area contributed by atoms with Crippen LogP contribution in [0.4, 0.5) is 4.79 Å². The van der Waals surface area contributed by atoms with Crippen LogP contribution in [0.3, 0.4) is 0 Å². The summed E-state index contributed by atoms with van der Waals surface area (Å²) in [7, 11) is -0.915. The Hall–Kier alpha value is -1.76. The second-order valence-electron chi connectivity index (χ2n) is 6.95. The molecule has 130 valence electrons. The Kier molecular flexibility index (Phi) is 3.71. The molecular formula is C17H22N2O4S. The summed E-state index contributed by atoms with van der Waals surface area (Å²) in [5, 5.41) is 6.02. The molecule has 0 radical (unpaired) electrons. The van der Waals surface area contributed by atoms with Gasteiger partial charge in [0.25, 0.3) is 0 Å². The van der Waals surface area contributed by atoms with Gasteiger partial charge in [-0.15, -0.1) is 0 Å². The Morgan fingerprint density at radius 2 is 1.96 bits per heavy atom. The van der Waals surface area contributed by atoms with Gasteiger partial charge in [-0.2, -0.15) is 0 Å². The fourth-order valence-corrected chi connectivity index (χ4v) is 4.58. The Labute approximate surface area is 143 Å². The first-order valence-electron chi connectivity index (χ1n) is 8.33. The summed E-state index contributed by atoms with van der Waals surface area (Å²) < 4.78 is 22.4. The molecule has 2 amide bonds. The maximum Gasteiger partial charge on any atom is 0.315 e. The molecule has 2 aliphatic carbocycles. The van der Waals surface area contributed by atoms with Crippen LogP contribution in [0.5, 0.6) is 11.5 Å². The van der Waals surface area contributed by atoms with Crippen LogP contribution in [0.2, 0.25) is 0 Å². The zero-order valence-electron chi connectivity index (χ0n) is 13.7. The van der Waals surface area contributed by atoms with Crippen LogP contribution >= 0.6 is 0 Å². The molecule has 2 N–H and O–H groups in total. The second-order valence-corrected chi connectivity index (χ2v) is 8.72. The summed E-state index contributed by atoms with van der Waals surface area (Å²) in [6.07, 6.45) is 6.47. The molecule has 1 atom stereocenters. The summed E-state index contributed by atoms with van der Waals surface area (Å²) in [5.41, 5.74) is 0.725. The molecule has 0 spiro atoms. The van der Waals surface area contributed by atoms with E-state index in [1.807, 2.05) is 18.2 Å². The topological polar surface area (TPSA) is 76.7 Å². The number of hydrogen-bond donors (Lipinski definition) is 2. The summed E-state index contributed by atoms with van der Waals surface area (Å²) in [4.78, 5) is 12.3. The number of benzene rings is 1. The summed E-state index contributed by atoms with van der Waals surface area (Å²) >= 11 is 0. The van der Waals surface area contributed by atoms with Crippen molar-refractivity contribution in [3.05, 3.63) is 23.8 Å². The third-order valence-electron chi connectivity index (χ3n) is 5.47. The van der Waals surface area contributed by atoms with Gasteiger partial charge in [-0.25, -0.2) is 4.79 Å². The third kappa shape index (κ3) is 2.64. The van der Waals surface area contributed by atoms with E-state index in [0.717, 1.165) is 49.2 Å². The summed E-state index contributed by atoms with van der Waals surface area (Å²) in [6, 6.07) is 5.63. The minimum absolute atomic E-state index is 0.193. The molecule has 0 bridgehead atoms. The average Bonchev–Trinajstić information content (AvgIpc) is 3.13. The van der Waals surface area contributed by atoms with E-state index in [4.69, 9.17) is 9.47 Å².